The van der Waals surface area contributed by atoms with Crippen molar-refractivity contribution in [2.45, 2.75) is 0 Å². The van der Waals surface area contributed by atoms with E-state index in [1.807, 2.05) is 12.1 Å². The zero-order chi connectivity index (χ0) is 9.84. The van der Waals surface area contributed by atoms with Gasteiger partial charge in [0.15, 0.2) is 0 Å². The van der Waals surface area contributed by atoms with Crippen molar-refractivity contribution < 1.29 is 18.9 Å². The molecular formula is C10H16LiN2P. The molecule has 0 aromatic heterocycles. The van der Waals surface area contributed by atoms with Crippen molar-refractivity contribution in [2.24, 2.45) is 0 Å². The van der Waals surface area contributed by atoms with Crippen molar-refractivity contribution >= 4 is 13.5 Å². The van der Waals surface area contributed by atoms with E-state index in [1.165, 1.54) is 5.30 Å². The van der Waals surface area contributed by atoms with E-state index < -0.39 is 0 Å². The summed E-state index contributed by atoms with van der Waals surface area (Å²) in [6.07, 6.45) is 0. The summed E-state index contributed by atoms with van der Waals surface area (Å²) in [5, 5.41) is 1.27. The smallest absolute Gasteiger partial charge is 0.274 e. The number of hydrogen-bond acceptors (Lipinski definition) is 2. The average Bonchev–Trinajstić information content (AvgIpc) is 2.04. The molecule has 0 saturated carbocycles. The van der Waals surface area contributed by atoms with E-state index in [4.69, 9.17) is 0 Å². The molecule has 0 heterocycles. The summed E-state index contributed by atoms with van der Waals surface area (Å²) in [6, 6.07) is 11.4. The second kappa shape index (κ2) is 6.61. The first-order chi connectivity index (χ1) is 6.13. The molecule has 1 aromatic carbocycles. The van der Waals surface area contributed by atoms with Gasteiger partial charge < -0.3 is 0 Å². The fourth-order valence-electron chi connectivity index (χ4n) is 1.30. The van der Waals surface area contributed by atoms with Crippen LogP contribution in [-0.4, -0.2) is 37.5 Å². The van der Waals surface area contributed by atoms with E-state index in [9.17, 15) is 0 Å². The predicted octanol–water partition coefficient (Wildman–Crippen LogP) is -1.45. The van der Waals surface area contributed by atoms with Gasteiger partial charge >= 0.3 is 18.9 Å². The molecule has 1 rings (SSSR count). The van der Waals surface area contributed by atoms with Crippen molar-refractivity contribution in [3.8, 4) is 0 Å². The molecule has 0 spiro atoms. The van der Waals surface area contributed by atoms with Gasteiger partial charge in [-0.2, -0.15) is 30.3 Å². The maximum absolute atomic E-state index is 3.28. The van der Waals surface area contributed by atoms with Gasteiger partial charge in [0.2, 0.25) is 0 Å². The summed E-state index contributed by atoms with van der Waals surface area (Å²) in [4.78, 5) is 0. The van der Waals surface area contributed by atoms with Gasteiger partial charge in [0.25, 0.3) is 0 Å². The van der Waals surface area contributed by atoms with Crippen molar-refractivity contribution in [3.63, 3.8) is 0 Å². The molecule has 0 aliphatic carbocycles. The van der Waals surface area contributed by atoms with E-state index >= 15 is 0 Å². The zero-order valence-electron chi connectivity index (χ0n) is 9.65. The van der Waals surface area contributed by atoms with E-state index in [2.05, 4.69) is 55.7 Å². The third-order valence-electron chi connectivity index (χ3n) is 1.67. The Labute approximate surface area is 100 Å². The van der Waals surface area contributed by atoms with Crippen LogP contribution in [0.4, 0.5) is 0 Å². The number of rotatable bonds is 3. The third-order valence-corrected chi connectivity index (χ3v) is 3.89. The molecule has 72 valence electrons. The van der Waals surface area contributed by atoms with E-state index in [0.29, 0.717) is 0 Å². The molecule has 0 aliphatic heterocycles. The Balaban J connectivity index is 0.00000169. The Bertz CT molecular complexity index is 244. The van der Waals surface area contributed by atoms with Crippen molar-refractivity contribution in [3.05, 3.63) is 30.3 Å². The fraction of sp³-hybridized carbons (Fsp3) is 0.400. The molecule has 4 heteroatoms. The van der Waals surface area contributed by atoms with E-state index in [1.54, 1.807) is 0 Å². The van der Waals surface area contributed by atoms with Gasteiger partial charge in [0.05, 0.1) is 0 Å². The van der Waals surface area contributed by atoms with Crippen LogP contribution in [0.1, 0.15) is 0 Å². The van der Waals surface area contributed by atoms with E-state index in [0.717, 1.165) is 0 Å². The largest absolute Gasteiger partial charge is 1.00 e. The first-order valence-electron chi connectivity index (χ1n) is 4.24. The molecule has 0 aliphatic rings. The monoisotopic (exact) mass is 202 g/mol. The third kappa shape index (κ3) is 3.73. The van der Waals surface area contributed by atoms with Crippen LogP contribution in [0.25, 0.3) is 0 Å². The minimum atomic E-state index is -0.363. The summed E-state index contributed by atoms with van der Waals surface area (Å²) >= 11 is 0. The predicted molar refractivity (Wildman–Crippen MR) is 59.2 cm³/mol. The van der Waals surface area contributed by atoms with Crippen LogP contribution in [-0.2, 0) is 0 Å². The van der Waals surface area contributed by atoms with Gasteiger partial charge in [-0.1, -0.05) is 0 Å². The van der Waals surface area contributed by atoms with Crippen LogP contribution in [0.3, 0.4) is 0 Å². The molecule has 2 nitrogen and oxygen atoms in total. The zero-order valence-corrected chi connectivity index (χ0v) is 10.5. The van der Waals surface area contributed by atoms with Gasteiger partial charge in [-0.05, 0) is 28.2 Å². The summed E-state index contributed by atoms with van der Waals surface area (Å²) in [7, 11) is 8.05. The second-order valence-corrected chi connectivity index (χ2v) is 5.89. The Kier molecular flexibility index (Phi) is 6.69. The minimum Gasteiger partial charge on any atom is -0.274 e. The first kappa shape index (κ1) is 14.2. The molecule has 0 bridgehead atoms. The molecule has 0 unspecified atom stereocenters. The van der Waals surface area contributed by atoms with Gasteiger partial charge in [0.1, 0.15) is 0 Å². The minimum absolute atomic E-state index is 0. The Morgan fingerprint density at radius 3 is 2.00 bits per heavy atom. The Hall–Kier alpha value is 0.167. The standard InChI is InChI=1S/C10H16N2P.Li/c1-11(2)13(12(3)4)10-8-6-5-7-9-10;/h5-8H,1-4H3;/q-1;+1. The van der Waals surface area contributed by atoms with Crippen LogP contribution in [0.5, 0.6) is 0 Å². The van der Waals surface area contributed by atoms with Gasteiger partial charge in [-0.25, -0.2) is 0 Å². The summed E-state index contributed by atoms with van der Waals surface area (Å²) < 4.78 is 4.47. The molecule has 1 aromatic rings. The summed E-state index contributed by atoms with van der Waals surface area (Å²) in [6.45, 7) is 0. The van der Waals surface area contributed by atoms with Crippen molar-refractivity contribution in [1.82, 2.24) is 9.34 Å². The van der Waals surface area contributed by atoms with Crippen LogP contribution in [0.15, 0.2) is 24.3 Å². The van der Waals surface area contributed by atoms with Gasteiger partial charge in [-0.15, -0.1) is 5.30 Å². The quantitative estimate of drug-likeness (QED) is 0.336. The average molecular weight is 202 g/mol. The number of hydrogen-bond donors (Lipinski definition) is 0. The number of benzene rings is 1. The summed E-state index contributed by atoms with van der Waals surface area (Å²) in [5.41, 5.74) is 0. The molecule has 14 heavy (non-hydrogen) atoms. The maximum Gasteiger partial charge on any atom is 1.00 e. The van der Waals surface area contributed by atoms with Crippen LogP contribution in [0, 0.1) is 6.07 Å². The topological polar surface area (TPSA) is 6.48 Å². The van der Waals surface area contributed by atoms with E-state index in [-0.39, 0.29) is 27.1 Å². The normalized spacial score (nSPS) is 10.8. The second-order valence-electron chi connectivity index (χ2n) is 3.23. The molecule has 0 radical (unpaired) electrons. The van der Waals surface area contributed by atoms with Gasteiger partial charge in [0, 0.05) is 8.22 Å². The van der Waals surface area contributed by atoms with Crippen molar-refractivity contribution in [2.75, 3.05) is 28.2 Å². The van der Waals surface area contributed by atoms with Crippen molar-refractivity contribution in [1.29, 1.82) is 0 Å². The summed E-state index contributed by atoms with van der Waals surface area (Å²) in [5.74, 6) is 0. The molecular weight excluding hydrogens is 186 g/mol. The fourth-order valence-corrected chi connectivity index (χ4v) is 3.28. The number of nitrogens with zero attached hydrogens (tertiary/aromatic N) is 2. The molecule has 0 N–H and O–H groups in total. The molecule has 0 atom stereocenters. The maximum atomic E-state index is 3.28. The SMILES string of the molecule is CN(C)P(c1[c-]cccc1)N(C)C.[Li+]. The van der Waals surface area contributed by atoms with Gasteiger partial charge in [-0.3, -0.25) is 9.34 Å². The van der Waals surface area contributed by atoms with Crippen LogP contribution >= 0.6 is 8.22 Å². The Morgan fingerprint density at radius 2 is 1.64 bits per heavy atom. The van der Waals surface area contributed by atoms with Crippen LogP contribution < -0.4 is 24.2 Å². The first-order valence-corrected chi connectivity index (χ1v) is 5.49. The Morgan fingerprint density at radius 1 is 1.07 bits per heavy atom. The molecule has 0 amide bonds. The molecule has 0 fully saturated rings. The molecule has 0 saturated heterocycles. The van der Waals surface area contributed by atoms with Crippen LogP contribution in [0.2, 0.25) is 0 Å².